The lowest BCUT2D eigenvalue weighted by Gasteiger charge is -2.32. The molecule has 1 aromatic rings. The van der Waals surface area contributed by atoms with E-state index < -0.39 is 11.7 Å². The first kappa shape index (κ1) is 14.9. The first-order valence-corrected chi connectivity index (χ1v) is 6.98. The van der Waals surface area contributed by atoms with E-state index in [4.69, 9.17) is 0 Å². The highest BCUT2D eigenvalue weighted by Crippen LogP contribution is 2.33. The van der Waals surface area contributed by atoms with Gasteiger partial charge in [0.2, 0.25) is 0 Å². The van der Waals surface area contributed by atoms with Crippen molar-refractivity contribution in [2.75, 3.05) is 29.9 Å². The number of halogens is 3. The summed E-state index contributed by atoms with van der Waals surface area (Å²) in [4.78, 5) is 6.26. The van der Waals surface area contributed by atoms with E-state index in [0.717, 1.165) is 38.1 Å². The molecule has 6 heteroatoms. The molecular formula is C14H20F3N3. The quantitative estimate of drug-likeness (QED) is 0.917. The highest BCUT2D eigenvalue weighted by Gasteiger charge is 2.32. The molecule has 0 radical (unpaired) electrons. The number of alkyl halides is 3. The number of nitrogens with one attached hydrogen (secondary N) is 1. The highest BCUT2D eigenvalue weighted by molar-refractivity contribution is 5.51. The number of aromatic nitrogens is 1. The van der Waals surface area contributed by atoms with Crippen molar-refractivity contribution in [1.82, 2.24) is 4.98 Å². The van der Waals surface area contributed by atoms with Gasteiger partial charge in [-0.15, -0.1) is 0 Å². The average Bonchev–Trinajstić information content (AvgIpc) is 2.38. The first-order chi connectivity index (χ1) is 9.40. The minimum absolute atomic E-state index is 0.288. The molecule has 0 spiro atoms. The first-order valence-electron chi connectivity index (χ1n) is 6.98. The molecule has 0 bridgehead atoms. The Morgan fingerprint density at radius 3 is 2.75 bits per heavy atom. The minimum Gasteiger partial charge on any atom is -0.370 e. The third-order valence-corrected chi connectivity index (χ3v) is 3.48. The van der Waals surface area contributed by atoms with E-state index in [9.17, 15) is 13.2 Å². The van der Waals surface area contributed by atoms with Crippen LogP contribution in [0.25, 0.3) is 0 Å². The molecule has 1 unspecified atom stereocenters. The maximum absolute atomic E-state index is 13.0. The predicted molar refractivity (Wildman–Crippen MR) is 74.0 cm³/mol. The third kappa shape index (κ3) is 3.55. The lowest BCUT2D eigenvalue weighted by Crippen LogP contribution is -2.35. The van der Waals surface area contributed by atoms with Crippen LogP contribution in [0.3, 0.4) is 0 Å². The number of pyridine rings is 1. The zero-order valence-electron chi connectivity index (χ0n) is 11.8. The van der Waals surface area contributed by atoms with Gasteiger partial charge >= 0.3 is 6.18 Å². The summed E-state index contributed by atoms with van der Waals surface area (Å²) < 4.78 is 38.9. The van der Waals surface area contributed by atoms with Gasteiger partial charge in [-0.1, -0.05) is 6.92 Å². The summed E-state index contributed by atoms with van der Waals surface area (Å²) in [6.45, 7) is 6.03. The van der Waals surface area contributed by atoms with Gasteiger partial charge in [-0.3, -0.25) is 0 Å². The van der Waals surface area contributed by atoms with Crippen LogP contribution in [0.4, 0.5) is 24.8 Å². The Balaban J connectivity index is 2.33. The molecule has 1 aliphatic rings. The zero-order valence-corrected chi connectivity index (χ0v) is 11.8. The molecule has 1 N–H and O–H groups in total. The maximum atomic E-state index is 13.0. The summed E-state index contributed by atoms with van der Waals surface area (Å²) in [5, 5.41) is 2.87. The Kier molecular flexibility index (Phi) is 4.40. The number of hydrogen-bond acceptors (Lipinski definition) is 3. The lowest BCUT2D eigenvalue weighted by atomic mass is 10.0. The summed E-state index contributed by atoms with van der Waals surface area (Å²) in [6, 6.07) is 2.22. The molecule has 3 nitrogen and oxygen atoms in total. The number of anilines is 2. The van der Waals surface area contributed by atoms with Gasteiger partial charge in [0, 0.05) is 19.6 Å². The molecule has 0 amide bonds. The van der Waals surface area contributed by atoms with Crippen LogP contribution in [0.15, 0.2) is 12.1 Å². The highest BCUT2D eigenvalue weighted by atomic mass is 19.4. The summed E-state index contributed by atoms with van der Waals surface area (Å²) in [7, 11) is 0. The number of nitrogens with zero attached hydrogens (tertiary/aromatic N) is 2. The normalized spacial score (nSPS) is 20.1. The molecule has 1 saturated heterocycles. The van der Waals surface area contributed by atoms with E-state index in [-0.39, 0.29) is 5.82 Å². The largest absolute Gasteiger partial charge is 0.416 e. The smallest absolute Gasteiger partial charge is 0.370 e. The van der Waals surface area contributed by atoms with Crippen molar-refractivity contribution in [1.29, 1.82) is 0 Å². The van der Waals surface area contributed by atoms with E-state index in [1.54, 1.807) is 0 Å². The summed E-state index contributed by atoms with van der Waals surface area (Å²) in [5.41, 5.74) is -0.642. The van der Waals surface area contributed by atoms with Crippen LogP contribution in [0, 0.1) is 5.92 Å². The molecule has 2 rings (SSSR count). The Bertz CT molecular complexity index is 459. The fraction of sp³-hybridized carbons (Fsp3) is 0.643. The topological polar surface area (TPSA) is 28.2 Å². The molecule has 0 saturated carbocycles. The second kappa shape index (κ2) is 5.89. The van der Waals surface area contributed by atoms with Crippen LogP contribution >= 0.6 is 0 Å². The number of rotatable bonds is 3. The number of hydrogen-bond donors (Lipinski definition) is 1. The van der Waals surface area contributed by atoms with Crippen LogP contribution in [-0.2, 0) is 6.18 Å². The van der Waals surface area contributed by atoms with Crippen molar-refractivity contribution in [2.24, 2.45) is 5.92 Å². The van der Waals surface area contributed by atoms with Gasteiger partial charge < -0.3 is 10.2 Å². The van der Waals surface area contributed by atoms with Crippen LogP contribution in [0.1, 0.15) is 32.3 Å². The van der Waals surface area contributed by atoms with Crippen molar-refractivity contribution in [3.8, 4) is 0 Å². The molecule has 0 aliphatic carbocycles. The lowest BCUT2D eigenvalue weighted by molar-refractivity contribution is -0.137. The molecule has 0 aromatic carbocycles. The third-order valence-electron chi connectivity index (χ3n) is 3.48. The van der Waals surface area contributed by atoms with Gasteiger partial charge in [0.1, 0.15) is 11.6 Å². The fourth-order valence-corrected chi connectivity index (χ4v) is 2.51. The van der Waals surface area contributed by atoms with Gasteiger partial charge in [-0.2, -0.15) is 13.2 Å². The number of piperidine rings is 1. The molecule has 1 atom stereocenters. The SMILES string of the molecule is CCNc1cc(C(F)(F)F)cc(N2CCCC(C)C2)n1. The summed E-state index contributed by atoms with van der Waals surface area (Å²) in [5.74, 6) is 1.19. The van der Waals surface area contributed by atoms with Crippen LogP contribution in [0.2, 0.25) is 0 Å². The average molecular weight is 287 g/mol. The van der Waals surface area contributed by atoms with Crippen molar-refractivity contribution < 1.29 is 13.2 Å². The van der Waals surface area contributed by atoms with E-state index in [1.165, 1.54) is 0 Å². The van der Waals surface area contributed by atoms with Gasteiger partial charge in [0.15, 0.2) is 0 Å². The van der Waals surface area contributed by atoms with Gasteiger partial charge in [0.25, 0.3) is 0 Å². The van der Waals surface area contributed by atoms with E-state index in [0.29, 0.717) is 18.3 Å². The Hall–Kier alpha value is -1.46. The van der Waals surface area contributed by atoms with E-state index in [2.05, 4.69) is 17.2 Å². The zero-order chi connectivity index (χ0) is 14.8. The van der Waals surface area contributed by atoms with Crippen LogP contribution < -0.4 is 10.2 Å². The predicted octanol–water partition coefficient (Wildman–Crippen LogP) is 3.77. The molecule has 1 fully saturated rings. The fourth-order valence-electron chi connectivity index (χ4n) is 2.51. The summed E-state index contributed by atoms with van der Waals surface area (Å²) in [6.07, 6.45) is -2.23. The Labute approximate surface area is 117 Å². The van der Waals surface area contributed by atoms with E-state index in [1.807, 2.05) is 11.8 Å². The monoisotopic (exact) mass is 287 g/mol. The van der Waals surface area contributed by atoms with Gasteiger partial charge in [0.05, 0.1) is 5.56 Å². The van der Waals surface area contributed by atoms with Gasteiger partial charge in [-0.05, 0) is 37.8 Å². The second-order valence-electron chi connectivity index (χ2n) is 5.32. The minimum atomic E-state index is -4.34. The molecule has 112 valence electrons. The van der Waals surface area contributed by atoms with Crippen molar-refractivity contribution in [2.45, 2.75) is 32.9 Å². The second-order valence-corrected chi connectivity index (χ2v) is 5.32. The van der Waals surface area contributed by atoms with Crippen LogP contribution in [-0.4, -0.2) is 24.6 Å². The van der Waals surface area contributed by atoms with Crippen LogP contribution in [0.5, 0.6) is 0 Å². The molecular weight excluding hydrogens is 267 g/mol. The molecule has 20 heavy (non-hydrogen) atoms. The maximum Gasteiger partial charge on any atom is 0.416 e. The molecule has 1 aromatic heterocycles. The van der Waals surface area contributed by atoms with Crippen molar-refractivity contribution in [3.05, 3.63) is 17.7 Å². The Morgan fingerprint density at radius 1 is 1.40 bits per heavy atom. The van der Waals surface area contributed by atoms with Crippen molar-refractivity contribution >= 4 is 11.6 Å². The molecule has 1 aliphatic heterocycles. The Morgan fingerprint density at radius 2 is 2.15 bits per heavy atom. The molecule has 2 heterocycles. The summed E-state index contributed by atoms with van der Waals surface area (Å²) >= 11 is 0. The van der Waals surface area contributed by atoms with Crippen molar-refractivity contribution in [3.63, 3.8) is 0 Å². The standard InChI is InChI=1S/C14H20F3N3/c1-3-18-12-7-11(14(15,16)17)8-13(19-12)20-6-4-5-10(2)9-20/h7-8,10H,3-6,9H2,1-2H3,(H,18,19). The van der Waals surface area contributed by atoms with E-state index >= 15 is 0 Å². The van der Waals surface area contributed by atoms with Gasteiger partial charge in [-0.25, -0.2) is 4.98 Å².